The average molecular weight is 482 g/mol. The van der Waals surface area contributed by atoms with E-state index in [0.29, 0.717) is 4.75 Å². The highest BCUT2D eigenvalue weighted by Crippen LogP contribution is 2.50. The first kappa shape index (κ1) is 19.1. The third kappa shape index (κ3) is 3.82. The molecule has 0 amide bonds. The number of benzene rings is 1. The van der Waals surface area contributed by atoms with Crippen molar-refractivity contribution >= 4 is 45.2 Å². The summed E-state index contributed by atoms with van der Waals surface area (Å²) in [5.41, 5.74) is 2.67. The van der Waals surface area contributed by atoms with Crippen LogP contribution in [-0.2, 0) is 5.41 Å². The predicted molar refractivity (Wildman–Crippen MR) is 123 cm³/mol. The lowest BCUT2D eigenvalue weighted by atomic mass is 9.86. The molecule has 26 heavy (non-hydrogen) atoms. The highest BCUT2D eigenvalue weighted by atomic mass is 127. The van der Waals surface area contributed by atoms with Crippen LogP contribution in [0.15, 0.2) is 23.2 Å². The van der Waals surface area contributed by atoms with Crippen molar-refractivity contribution in [3.05, 3.63) is 27.3 Å². The molecular weight excluding hydrogens is 451 g/mol. The summed E-state index contributed by atoms with van der Waals surface area (Å²) in [5.74, 6) is 0. The maximum absolute atomic E-state index is 5.31. The van der Waals surface area contributed by atoms with Gasteiger partial charge in [-0.1, -0.05) is 58.2 Å². The first-order valence-electron chi connectivity index (χ1n) is 10.2. The van der Waals surface area contributed by atoms with Gasteiger partial charge in [0.2, 0.25) is 0 Å². The molecule has 2 saturated carbocycles. The van der Waals surface area contributed by atoms with E-state index < -0.39 is 0 Å². The molecular formula is C22H31IN2S. The quantitative estimate of drug-likeness (QED) is 0.427. The third-order valence-electron chi connectivity index (χ3n) is 6.27. The topological polar surface area (TPSA) is 15.6 Å². The van der Waals surface area contributed by atoms with Gasteiger partial charge < -0.3 is 4.90 Å². The molecule has 1 spiro atoms. The van der Waals surface area contributed by atoms with Crippen molar-refractivity contribution in [2.24, 2.45) is 4.99 Å². The number of thioether (sulfide) groups is 1. The second-order valence-electron chi connectivity index (χ2n) is 9.36. The molecule has 3 fully saturated rings. The molecule has 0 unspecified atom stereocenters. The van der Waals surface area contributed by atoms with Gasteiger partial charge in [-0.15, -0.1) is 0 Å². The van der Waals surface area contributed by atoms with Crippen LogP contribution in [-0.4, -0.2) is 27.4 Å². The van der Waals surface area contributed by atoms with Crippen LogP contribution in [0.5, 0.6) is 0 Å². The average Bonchev–Trinajstić information content (AvgIpc) is 3.31. The molecule has 142 valence electrons. The van der Waals surface area contributed by atoms with Crippen molar-refractivity contribution in [2.45, 2.75) is 88.3 Å². The Hall–Kier alpha value is -0.230. The molecule has 4 rings (SSSR count). The Balaban J connectivity index is 1.72. The molecule has 3 aliphatic rings. The number of nitrogens with zero attached hydrogens (tertiary/aromatic N) is 2. The summed E-state index contributed by atoms with van der Waals surface area (Å²) in [6, 6.07) is 7.50. The zero-order valence-corrected chi connectivity index (χ0v) is 19.3. The van der Waals surface area contributed by atoms with Gasteiger partial charge in [0.1, 0.15) is 0 Å². The van der Waals surface area contributed by atoms with E-state index in [-0.39, 0.29) is 5.41 Å². The van der Waals surface area contributed by atoms with E-state index in [4.69, 9.17) is 4.99 Å². The summed E-state index contributed by atoms with van der Waals surface area (Å²) in [6.07, 6.45) is 11.0. The first-order valence-corrected chi connectivity index (χ1v) is 12.1. The zero-order chi connectivity index (χ0) is 18.4. The smallest absolute Gasteiger partial charge is 0.165 e. The van der Waals surface area contributed by atoms with Crippen LogP contribution in [0.2, 0.25) is 0 Å². The Morgan fingerprint density at radius 1 is 1.12 bits per heavy atom. The van der Waals surface area contributed by atoms with Gasteiger partial charge >= 0.3 is 0 Å². The highest BCUT2D eigenvalue weighted by molar-refractivity contribution is 14.1. The molecule has 2 nitrogen and oxygen atoms in total. The number of amidine groups is 1. The van der Waals surface area contributed by atoms with E-state index in [0.717, 1.165) is 6.04 Å². The number of halogens is 1. The first-order chi connectivity index (χ1) is 12.4. The molecule has 0 radical (unpaired) electrons. The van der Waals surface area contributed by atoms with Gasteiger partial charge in [0.15, 0.2) is 5.17 Å². The van der Waals surface area contributed by atoms with E-state index in [9.17, 15) is 0 Å². The second-order valence-corrected chi connectivity index (χ2v) is 12.0. The Morgan fingerprint density at radius 2 is 1.81 bits per heavy atom. The van der Waals surface area contributed by atoms with E-state index in [1.807, 2.05) is 0 Å². The number of aliphatic imine (C=N–C) groups is 1. The normalized spacial score (nSPS) is 25.1. The summed E-state index contributed by atoms with van der Waals surface area (Å²) < 4.78 is 1.75. The van der Waals surface area contributed by atoms with Crippen LogP contribution >= 0.6 is 34.4 Å². The summed E-state index contributed by atoms with van der Waals surface area (Å²) >= 11 is 4.53. The SMILES string of the molecule is CC(C)(C)c1cc(I)ccc1N=C1SC2(CCCC2)CN1C1CCCC1. The Morgan fingerprint density at radius 3 is 2.46 bits per heavy atom. The lowest BCUT2D eigenvalue weighted by Crippen LogP contribution is -2.37. The van der Waals surface area contributed by atoms with Gasteiger partial charge in [-0.05, 0) is 77.5 Å². The summed E-state index contributed by atoms with van der Waals surface area (Å²) in [6.45, 7) is 8.14. The number of hydrogen-bond acceptors (Lipinski definition) is 2. The molecule has 1 saturated heterocycles. The molecule has 0 aromatic heterocycles. The molecule has 2 aliphatic carbocycles. The van der Waals surface area contributed by atoms with E-state index in [1.165, 1.54) is 77.9 Å². The maximum Gasteiger partial charge on any atom is 0.165 e. The molecule has 4 heteroatoms. The maximum atomic E-state index is 5.31. The molecule has 0 atom stereocenters. The number of hydrogen-bond donors (Lipinski definition) is 0. The van der Waals surface area contributed by atoms with Crippen LogP contribution in [0.25, 0.3) is 0 Å². The van der Waals surface area contributed by atoms with Gasteiger partial charge in [0.25, 0.3) is 0 Å². The summed E-state index contributed by atoms with van der Waals surface area (Å²) in [5, 5.41) is 1.31. The molecule has 0 bridgehead atoms. The Labute approximate surface area is 176 Å². The van der Waals surface area contributed by atoms with Crippen molar-refractivity contribution in [1.82, 2.24) is 4.90 Å². The minimum absolute atomic E-state index is 0.118. The van der Waals surface area contributed by atoms with Crippen molar-refractivity contribution in [1.29, 1.82) is 0 Å². The Kier molecular flexibility index (Phi) is 5.37. The van der Waals surface area contributed by atoms with Crippen LogP contribution in [0, 0.1) is 3.57 Å². The second kappa shape index (κ2) is 7.31. The third-order valence-corrected chi connectivity index (χ3v) is 8.42. The van der Waals surface area contributed by atoms with Crippen molar-refractivity contribution in [2.75, 3.05) is 6.54 Å². The van der Waals surface area contributed by atoms with Crippen LogP contribution in [0.4, 0.5) is 5.69 Å². The fourth-order valence-corrected chi connectivity index (χ4v) is 6.89. The minimum Gasteiger partial charge on any atom is -0.347 e. The van der Waals surface area contributed by atoms with Crippen LogP contribution < -0.4 is 0 Å². The van der Waals surface area contributed by atoms with Crippen molar-refractivity contribution in [3.63, 3.8) is 0 Å². The van der Waals surface area contributed by atoms with Gasteiger partial charge in [-0.3, -0.25) is 0 Å². The standard InChI is InChI=1S/C22H31IN2S/c1-21(2,3)18-14-16(23)10-11-19(18)24-20-25(17-8-4-5-9-17)15-22(26-20)12-6-7-13-22/h10-11,14,17H,4-9,12-13,15H2,1-3H3. The fourth-order valence-electron chi connectivity index (χ4n) is 4.84. The summed E-state index contributed by atoms with van der Waals surface area (Å²) in [7, 11) is 0. The summed E-state index contributed by atoms with van der Waals surface area (Å²) in [4.78, 5) is 8.01. The van der Waals surface area contributed by atoms with Crippen LogP contribution in [0.1, 0.15) is 77.7 Å². The van der Waals surface area contributed by atoms with Gasteiger partial charge in [-0.25, -0.2) is 4.99 Å². The molecule has 1 aliphatic heterocycles. The molecule has 1 aromatic rings. The van der Waals surface area contributed by atoms with Crippen molar-refractivity contribution in [3.8, 4) is 0 Å². The van der Waals surface area contributed by atoms with E-state index >= 15 is 0 Å². The molecule has 1 aromatic carbocycles. The van der Waals surface area contributed by atoms with Gasteiger partial charge in [0.05, 0.1) is 5.69 Å². The fraction of sp³-hybridized carbons (Fsp3) is 0.682. The zero-order valence-electron chi connectivity index (χ0n) is 16.4. The lowest BCUT2D eigenvalue weighted by Gasteiger charge is -2.28. The molecule has 1 heterocycles. The highest BCUT2D eigenvalue weighted by Gasteiger charge is 2.46. The van der Waals surface area contributed by atoms with Gasteiger partial charge in [0, 0.05) is 20.9 Å². The van der Waals surface area contributed by atoms with Gasteiger partial charge in [-0.2, -0.15) is 0 Å². The number of rotatable bonds is 2. The predicted octanol–water partition coefficient (Wildman–Crippen LogP) is 6.88. The largest absolute Gasteiger partial charge is 0.347 e. The monoisotopic (exact) mass is 482 g/mol. The van der Waals surface area contributed by atoms with E-state index in [1.54, 1.807) is 0 Å². The minimum atomic E-state index is 0.118. The Bertz CT molecular complexity index is 695. The molecule has 0 N–H and O–H groups in total. The van der Waals surface area contributed by atoms with E-state index in [2.05, 4.69) is 78.2 Å². The van der Waals surface area contributed by atoms with Crippen molar-refractivity contribution < 1.29 is 0 Å². The lowest BCUT2D eigenvalue weighted by molar-refractivity contribution is 0.301. The van der Waals surface area contributed by atoms with Crippen LogP contribution in [0.3, 0.4) is 0 Å².